The SMILES string of the molecule is CCC(C)C(N)C(=O)NC(CCSC)C(=O)NC(CC(=O)O)C(=O)NC(CC(N)=O)C(=O)O. The molecule has 0 aliphatic heterocycles. The van der Waals surface area contributed by atoms with Gasteiger partial charge in [0.15, 0.2) is 0 Å². The number of nitrogens with two attached hydrogens (primary N) is 2. The van der Waals surface area contributed by atoms with E-state index in [-0.39, 0.29) is 12.3 Å². The van der Waals surface area contributed by atoms with Gasteiger partial charge >= 0.3 is 11.9 Å². The fourth-order valence-electron chi connectivity index (χ4n) is 2.61. The minimum atomic E-state index is -1.70. The van der Waals surface area contributed by atoms with E-state index < -0.39 is 72.6 Å². The maximum atomic E-state index is 12.8. The van der Waals surface area contributed by atoms with Crippen LogP contribution in [0.4, 0.5) is 0 Å². The molecule has 14 heteroatoms. The summed E-state index contributed by atoms with van der Waals surface area (Å²) in [5.74, 6) is -6.24. The van der Waals surface area contributed by atoms with E-state index in [0.29, 0.717) is 12.2 Å². The Morgan fingerprint density at radius 1 is 0.879 bits per heavy atom. The van der Waals surface area contributed by atoms with Crippen LogP contribution in [-0.2, 0) is 28.8 Å². The van der Waals surface area contributed by atoms with Crippen LogP contribution >= 0.6 is 11.8 Å². The highest BCUT2D eigenvalue weighted by Gasteiger charge is 2.32. The van der Waals surface area contributed by atoms with E-state index in [1.165, 1.54) is 11.8 Å². The van der Waals surface area contributed by atoms with Gasteiger partial charge in [0.05, 0.1) is 18.9 Å². The minimum Gasteiger partial charge on any atom is -0.481 e. The molecule has 188 valence electrons. The molecule has 0 aromatic heterocycles. The van der Waals surface area contributed by atoms with Crippen molar-refractivity contribution in [3.05, 3.63) is 0 Å². The van der Waals surface area contributed by atoms with Crippen LogP contribution in [0.3, 0.4) is 0 Å². The van der Waals surface area contributed by atoms with Crippen LogP contribution in [0.2, 0.25) is 0 Å². The van der Waals surface area contributed by atoms with E-state index in [2.05, 4.69) is 10.6 Å². The predicted octanol–water partition coefficient (Wildman–Crippen LogP) is -2.00. The lowest BCUT2D eigenvalue weighted by atomic mass is 9.99. The number of rotatable bonds is 16. The standard InChI is InChI=1S/C19H33N5O8S/c1-4-9(2)15(21)18(30)22-10(5-6-33-3)16(28)23-11(8-14(26)27)17(29)24-12(19(31)32)7-13(20)25/h9-12,15H,4-8,21H2,1-3H3,(H2,20,25)(H,22,30)(H,23,28)(H,24,29)(H,26,27)(H,31,32). The summed E-state index contributed by atoms with van der Waals surface area (Å²) >= 11 is 1.40. The van der Waals surface area contributed by atoms with Crippen molar-refractivity contribution in [1.29, 1.82) is 0 Å². The molecular weight excluding hydrogens is 458 g/mol. The number of carboxylic acid groups (broad SMARTS) is 2. The van der Waals surface area contributed by atoms with Crippen LogP contribution in [-0.4, -0.2) is 82.0 Å². The van der Waals surface area contributed by atoms with Crippen LogP contribution in [0.1, 0.15) is 39.5 Å². The highest BCUT2D eigenvalue weighted by atomic mass is 32.2. The van der Waals surface area contributed by atoms with Crippen molar-refractivity contribution < 1.29 is 39.0 Å². The molecule has 5 unspecified atom stereocenters. The third kappa shape index (κ3) is 11.5. The quantitative estimate of drug-likeness (QED) is 0.125. The van der Waals surface area contributed by atoms with Gasteiger partial charge in [-0.1, -0.05) is 20.3 Å². The largest absolute Gasteiger partial charge is 0.481 e. The summed E-state index contributed by atoms with van der Waals surface area (Å²) in [5.41, 5.74) is 10.9. The van der Waals surface area contributed by atoms with Crippen LogP contribution in [0.15, 0.2) is 0 Å². The number of hydrogen-bond acceptors (Lipinski definition) is 8. The van der Waals surface area contributed by atoms with Crippen LogP contribution < -0.4 is 27.4 Å². The number of thioether (sulfide) groups is 1. The van der Waals surface area contributed by atoms with Crippen LogP contribution in [0.5, 0.6) is 0 Å². The van der Waals surface area contributed by atoms with E-state index >= 15 is 0 Å². The van der Waals surface area contributed by atoms with Gasteiger partial charge in [-0.2, -0.15) is 11.8 Å². The van der Waals surface area contributed by atoms with Crippen molar-refractivity contribution >= 4 is 47.3 Å². The van der Waals surface area contributed by atoms with Crippen molar-refractivity contribution in [2.75, 3.05) is 12.0 Å². The Labute approximate surface area is 195 Å². The molecular formula is C19H33N5O8S. The first-order chi connectivity index (χ1) is 15.3. The summed E-state index contributed by atoms with van der Waals surface area (Å²) in [7, 11) is 0. The summed E-state index contributed by atoms with van der Waals surface area (Å²) in [6.45, 7) is 3.63. The molecule has 0 spiro atoms. The van der Waals surface area contributed by atoms with Gasteiger partial charge < -0.3 is 37.6 Å². The second-order valence-electron chi connectivity index (χ2n) is 7.48. The number of primary amides is 1. The number of amides is 4. The van der Waals surface area contributed by atoms with Crippen molar-refractivity contribution in [3.8, 4) is 0 Å². The lowest BCUT2D eigenvalue weighted by Gasteiger charge is -2.25. The van der Waals surface area contributed by atoms with Gasteiger partial charge in [-0.05, 0) is 24.3 Å². The number of aliphatic carboxylic acids is 2. The van der Waals surface area contributed by atoms with E-state index in [1.54, 1.807) is 13.2 Å². The molecule has 0 aromatic carbocycles. The molecule has 0 radical (unpaired) electrons. The third-order valence-electron chi connectivity index (χ3n) is 4.83. The van der Waals surface area contributed by atoms with Crippen molar-refractivity contribution in [1.82, 2.24) is 16.0 Å². The Bertz CT molecular complexity index is 735. The number of carbonyl (C=O) groups is 6. The maximum Gasteiger partial charge on any atom is 0.326 e. The first-order valence-corrected chi connectivity index (χ1v) is 11.6. The number of carboxylic acids is 2. The van der Waals surface area contributed by atoms with Crippen LogP contribution in [0, 0.1) is 5.92 Å². The second kappa shape index (κ2) is 15.1. The van der Waals surface area contributed by atoms with E-state index in [9.17, 15) is 28.8 Å². The lowest BCUT2D eigenvalue weighted by molar-refractivity contribution is -0.144. The number of carbonyl (C=O) groups excluding carboxylic acids is 4. The lowest BCUT2D eigenvalue weighted by Crippen LogP contribution is -2.58. The molecule has 0 rings (SSSR count). The Morgan fingerprint density at radius 3 is 1.85 bits per heavy atom. The average molecular weight is 492 g/mol. The van der Waals surface area contributed by atoms with Crippen molar-refractivity contribution in [2.45, 2.75) is 63.7 Å². The Morgan fingerprint density at radius 2 is 1.39 bits per heavy atom. The average Bonchev–Trinajstić information content (AvgIpc) is 2.73. The van der Waals surface area contributed by atoms with Gasteiger partial charge in [-0.15, -0.1) is 0 Å². The van der Waals surface area contributed by atoms with Crippen molar-refractivity contribution in [2.24, 2.45) is 17.4 Å². The summed E-state index contributed by atoms with van der Waals surface area (Å²) in [4.78, 5) is 71.2. The zero-order valence-corrected chi connectivity index (χ0v) is 19.6. The molecule has 13 nitrogen and oxygen atoms in total. The highest BCUT2D eigenvalue weighted by Crippen LogP contribution is 2.08. The molecule has 0 aromatic rings. The molecule has 33 heavy (non-hydrogen) atoms. The van der Waals surface area contributed by atoms with Gasteiger partial charge in [0.1, 0.15) is 18.1 Å². The molecule has 0 aliphatic rings. The Kier molecular flexibility index (Phi) is 13.7. The molecule has 0 saturated heterocycles. The Balaban J connectivity index is 5.53. The summed E-state index contributed by atoms with van der Waals surface area (Å²) in [6.07, 6.45) is 0.998. The summed E-state index contributed by atoms with van der Waals surface area (Å²) in [5, 5.41) is 25.0. The molecule has 9 N–H and O–H groups in total. The molecule has 0 heterocycles. The minimum absolute atomic E-state index is 0.155. The van der Waals surface area contributed by atoms with Gasteiger partial charge in [-0.25, -0.2) is 4.79 Å². The number of nitrogens with one attached hydrogen (secondary N) is 3. The van der Waals surface area contributed by atoms with Gasteiger partial charge in [0.25, 0.3) is 0 Å². The second-order valence-corrected chi connectivity index (χ2v) is 8.47. The zero-order chi connectivity index (χ0) is 25.7. The highest BCUT2D eigenvalue weighted by molar-refractivity contribution is 7.98. The maximum absolute atomic E-state index is 12.8. The van der Waals surface area contributed by atoms with Gasteiger partial charge in [-0.3, -0.25) is 24.0 Å². The molecule has 4 amide bonds. The first-order valence-electron chi connectivity index (χ1n) is 10.2. The number of hydrogen-bond donors (Lipinski definition) is 7. The van der Waals surface area contributed by atoms with E-state index in [4.69, 9.17) is 21.7 Å². The Hall–Kier alpha value is -2.87. The van der Waals surface area contributed by atoms with Gasteiger partial charge in [0.2, 0.25) is 23.6 Å². The normalized spacial score (nSPS) is 15.3. The molecule has 0 fully saturated rings. The van der Waals surface area contributed by atoms with Gasteiger partial charge in [0, 0.05) is 0 Å². The monoisotopic (exact) mass is 491 g/mol. The predicted molar refractivity (Wildman–Crippen MR) is 120 cm³/mol. The molecule has 0 aliphatic carbocycles. The molecule has 5 atom stereocenters. The fraction of sp³-hybridized carbons (Fsp3) is 0.684. The smallest absolute Gasteiger partial charge is 0.326 e. The summed E-state index contributed by atoms with van der Waals surface area (Å²) in [6, 6.07) is -5.35. The van der Waals surface area contributed by atoms with Crippen LogP contribution in [0.25, 0.3) is 0 Å². The van der Waals surface area contributed by atoms with E-state index in [1.807, 2.05) is 12.2 Å². The topological polar surface area (TPSA) is 231 Å². The fourth-order valence-corrected chi connectivity index (χ4v) is 3.09. The molecule has 0 saturated carbocycles. The van der Waals surface area contributed by atoms with Crippen molar-refractivity contribution in [3.63, 3.8) is 0 Å². The van der Waals surface area contributed by atoms with E-state index in [0.717, 1.165) is 0 Å². The molecule has 0 bridgehead atoms. The first kappa shape index (κ1) is 30.1. The summed E-state index contributed by atoms with van der Waals surface area (Å²) < 4.78 is 0. The third-order valence-corrected chi connectivity index (χ3v) is 5.48. The zero-order valence-electron chi connectivity index (χ0n) is 18.8.